The van der Waals surface area contributed by atoms with E-state index in [2.05, 4.69) is 5.32 Å². The first-order chi connectivity index (χ1) is 15.1. The standard InChI is InChI=1S/C23H18ClN3O2S2/c24-14-6-4-7-15(12-14)25-19(28)13-30-23-26-21-20(17-10-5-11-18(17)31-21)22(29)27(23)16-8-2-1-3-9-16/h1-4,6-9,12H,5,10-11,13H2,(H,25,28). The lowest BCUT2D eigenvalue weighted by atomic mass is 10.2. The molecule has 0 unspecified atom stereocenters. The number of benzene rings is 2. The number of hydrogen-bond acceptors (Lipinski definition) is 5. The molecule has 0 radical (unpaired) electrons. The van der Waals surface area contributed by atoms with Gasteiger partial charge in [0.15, 0.2) is 5.16 Å². The van der Waals surface area contributed by atoms with Crippen molar-refractivity contribution in [2.24, 2.45) is 0 Å². The van der Waals surface area contributed by atoms with Gasteiger partial charge < -0.3 is 5.32 Å². The molecule has 1 N–H and O–H groups in total. The number of carbonyl (C=O) groups is 1. The van der Waals surface area contributed by atoms with E-state index >= 15 is 0 Å². The number of rotatable bonds is 5. The normalized spacial score (nSPS) is 12.8. The molecule has 2 aromatic carbocycles. The summed E-state index contributed by atoms with van der Waals surface area (Å²) in [4.78, 5) is 32.9. The average Bonchev–Trinajstić information content (AvgIpc) is 3.34. The summed E-state index contributed by atoms with van der Waals surface area (Å²) in [6.45, 7) is 0. The van der Waals surface area contributed by atoms with E-state index < -0.39 is 0 Å². The number of amides is 1. The predicted octanol–water partition coefficient (Wildman–Crippen LogP) is 5.32. The molecule has 0 saturated carbocycles. The Bertz CT molecular complexity index is 1350. The highest BCUT2D eigenvalue weighted by molar-refractivity contribution is 7.99. The van der Waals surface area contributed by atoms with Crippen LogP contribution >= 0.6 is 34.7 Å². The lowest BCUT2D eigenvalue weighted by Gasteiger charge is -2.12. The van der Waals surface area contributed by atoms with E-state index in [0.717, 1.165) is 40.7 Å². The molecule has 0 bridgehead atoms. The second kappa shape index (κ2) is 8.49. The van der Waals surface area contributed by atoms with E-state index in [1.807, 2.05) is 30.3 Å². The van der Waals surface area contributed by atoms with Crippen molar-refractivity contribution in [2.45, 2.75) is 24.4 Å². The summed E-state index contributed by atoms with van der Waals surface area (Å²) in [5, 5.41) is 4.64. The largest absolute Gasteiger partial charge is 0.325 e. The summed E-state index contributed by atoms with van der Waals surface area (Å²) in [6.07, 6.45) is 3.02. The molecule has 0 atom stereocenters. The third-order valence-electron chi connectivity index (χ3n) is 5.16. The Labute approximate surface area is 192 Å². The Morgan fingerprint density at radius 3 is 2.81 bits per heavy atom. The van der Waals surface area contributed by atoms with E-state index in [-0.39, 0.29) is 17.2 Å². The summed E-state index contributed by atoms with van der Waals surface area (Å²) in [6, 6.07) is 16.5. The maximum Gasteiger partial charge on any atom is 0.267 e. The van der Waals surface area contributed by atoms with Gasteiger partial charge in [-0.1, -0.05) is 47.6 Å². The van der Waals surface area contributed by atoms with E-state index in [1.54, 1.807) is 40.2 Å². The van der Waals surface area contributed by atoms with Crippen LogP contribution < -0.4 is 10.9 Å². The number of thioether (sulfide) groups is 1. The maximum absolute atomic E-state index is 13.5. The van der Waals surface area contributed by atoms with Crippen LogP contribution in [0.4, 0.5) is 5.69 Å². The zero-order valence-corrected chi connectivity index (χ0v) is 18.8. The lowest BCUT2D eigenvalue weighted by Crippen LogP contribution is -2.23. The first-order valence-electron chi connectivity index (χ1n) is 9.91. The molecule has 5 rings (SSSR count). The molecule has 0 spiro atoms. The molecule has 2 heterocycles. The molecular weight excluding hydrogens is 450 g/mol. The van der Waals surface area contributed by atoms with Crippen LogP contribution in [-0.2, 0) is 17.6 Å². The van der Waals surface area contributed by atoms with Crippen LogP contribution in [-0.4, -0.2) is 21.2 Å². The first kappa shape index (κ1) is 20.3. The first-order valence-corrected chi connectivity index (χ1v) is 12.1. The number of nitrogens with zero attached hydrogens (tertiary/aromatic N) is 2. The molecule has 31 heavy (non-hydrogen) atoms. The topological polar surface area (TPSA) is 64.0 Å². The zero-order valence-electron chi connectivity index (χ0n) is 16.4. The monoisotopic (exact) mass is 467 g/mol. The number of aromatic nitrogens is 2. The Morgan fingerprint density at radius 1 is 1.16 bits per heavy atom. The number of nitrogens with one attached hydrogen (secondary N) is 1. The Kier molecular flexibility index (Phi) is 5.56. The number of fused-ring (bicyclic) bond motifs is 3. The van der Waals surface area contributed by atoms with Gasteiger partial charge in [-0.25, -0.2) is 4.98 Å². The van der Waals surface area contributed by atoms with Gasteiger partial charge in [-0.3, -0.25) is 14.2 Å². The van der Waals surface area contributed by atoms with Crippen LogP contribution in [0.2, 0.25) is 5.02 Å². The highest BCUT2D eigenvalue weighted by atomic mass is 35.5. The van der Waals surface area contributed by atoms with E-state index in [9.17, 15) is 9.59 Å². The molecule has 156 valence electrons. The van der Waals surface area contributed by atoms with E-state index in [4.69, 9.17) is 16.6 Å². The van der Waals surface area contributed by atoms with Gasteiger partial charge in [0, 0.05) is 15.6 Å². The Balaban J connectivity index is 1.50. The SMILES string of the molecule is O=C(CSc1nc2sc3c(c2c(=O)n1-c1ccccc1)CCC3)Nc1cccc(Cl)c1. The number of thiophene rings is 1. The molecule has 8 heteroatoms. The molecule has 0 fully saturated rings. The minimum Gasteiger partial charge on any atom is -0.325 e. The summed E-state index contributed by atoms with van der Waals surface area (Å²) in [5.74, 6) is -0.0579. The molecule has 2 aromatic heterocycles. The fourth-order valence-corrected chi connectivity index (χ4v) is 6.13. The average molecular weight is 468 g/mol. The quantitative estimate of drug-likeness (QED) is 0.318. The molecular formula is C23H18ClN3O2S2. The third-order valence-corrected chi connectivity index (χ3v) is 7.52. The smallest absolute Gasteiger partial charge is 0.267 e. The van der Waals surface area contributed by atoms with Crippen LogP contribution in [0.15, 0.2) is 64.5 Å². The highest BCUT2D eigenvalue weighted by Gasteiger charge is 2.24. The van der Waals surface area contributed by atoms with Gasteiger partial charge in [-0.2, -0.15) is 0 Å². The van der Waals surface area contributed by atoms with Gasteiger partial charge in [0.05, 0.1) is 16.8 Å². The lowest BCUT2D eigenvalue weighted by molar-refractivity contribution is -0.113. The molecule has 4 aromatic rings. The Morgan fingerprint density at radius 2 is 2.00 bits per heavy atom. The van der Waals surface area contributed by atoms with Crippen molar-refractivity contribution in [1.82, 2.24) is 9.55 Å². The second-order valence-electron chi connectivity index (χ2n) is 7.26. The molecule has 1 aliphatic rings. The second-order valence-corrected chi connectivity index (χ2v) is 9.72. The van der Waals surface area contributed by atoms with E-state index in [0.29, 0.717) is 15.9 Å². The van der Waals surface area contributed by atoms with Gasteiger partial charge in [0.2, 0.25) is 5.91 Å². The molecule has 1 amide bonds. The van der Waals surface area contributed by atoms with Crippen LogP contribution in [0.1, 0.15) is 16.9 Å². The van der Waals surface area contributed by atoms with Gasteiger partial charge in [0.25, 0.3) is 5.56 Å². The van der Waals surface area contributed by atoms with Crippen LogP contribution in [0.5, 0.6) is 0 Å². The minimum absolute atomic E-state index is 0.0617. The summed E-state index contributed by atoms with van der Waals surface area (Å²) >= 11 is 8.85. The van der Waals surface area contributed by atoms with E-state index in [1.165, 1.54) is 16.6 Å². The number of carbonyl (C=O) groups excluding carboxylic acids is 1. The molecule has 0 aliphatic heterocycles. The third kappa shape index (κ3) is 4.01. The molecule has 0 saturated heterocycles. The fraction of sp³-hybridized carbons (Fsp3) is 0.174. The number of para-hydroxylation sites is 1. The highest BCUT2D eigenvalue weighted by Crippen LogP contribution is 2.36. The van der Waals surface area contributed by atoms with Gasteiger partial charge in [-0.05, 0) is 55.2 Å². The van der Waals surface area contributed by atoms with Crippen LogP contribution in [0.25, 0.3) is 15.9 Å². The summed E-state index contributed by atoms with van der Waals surface area (Å²) < 4.78 is 1.63. The van der Waals surface area contributed by atoms with Gasteiger partial charge in [0.1, 0.15) is 4.83 Å². The fourth-order valence-electron chi connectivity index (χ4n) is 3.82. The number of aryl methyl sites for hydroxylation is 2. The number of hydrogen-bond donors (Lipinski definition) is 1. The Hall–Kier alpha value is -2.61. The zero-order chi connectivity index (χ0) is 21.4. The molecule has 1 aliphatic carbocycles. The van der Waals surface area contributed by atoms with Crippen molar-refractivity contribution >= 4 is 56.5 Å². The molecule has 5 nitrogen and oxygen atoms in total. The van der Waals surface area contributed by atoms with Crippen molar-refractivity contribution in [2.75, 3.05) is 11.1 Å². The minimum atomic E-state index is -0.185. The summed E-state index contributed by atoms with van der Waals surface area (Å²) in [5.41, 5.74) is 2.47. The predicted molar refractivity (Wildman–Crippen MR) is 128 cm³/mol. The van der Waals surface area contributed by atoms with Gasteiger partial charge in [-0.15, -0.1) is 11.3 Å². The summed E-state index contributed by atoms with van der Waals surface area (Å²) in [7, 11) is 0. The van der Waals surface area contributed by atoms with Crippen molar-refractivity contribution in [3.8, 4) is 5.69 Å². The van der Waals surface area contributed by atoms with Crippen LogP contribution in [0.3, 0.4) is 0 Å². The van der Waals surface area contributed by atoms with Crippen molar-refractivity contribution in [3.63, 3.8) is 0 Å². The number of halogens is 1. The van der Waals surface area contributed by atoms with Crippen molar-refractivity contribution in [1.29, 1.82) is 0 Å². The van der Waals surface area contributed by atoms with Gasteiger partial charge >= 0.3 is 0 Å². The maximum atomic E-state index is 13.5. The van der Waals surface area contributed by atoms with Crippen LogP contribution in [0, 0.1) is 0 Å². The number of anilines is 1. The van der Waals surface area contributed by atoms with Crippen molar-refractivity contribution < 1.29 is 4.79 Å². The van der Waals surface area contributed by atoms with Crippen molar-refractivity contribution in [3.05, 3.63) is 80.4 Å².